The molecule has 8 heteroatoms. The fraction of sp³-hybridized carbons (Fsp3) is 0.462. The number of benzene rings is 1. The molecular weight excluding hydrogens is 382 g/mol. The summed E-state index contributed by atoms with van der Waals surface area (Å²) in [6.07, 6.45) is 2.74. The fourth-order valence-corrected chi connectivity index (χ4v) is 3.91. The Morgan fingerprint density at radius 1 is 1.38 bits per heavy atom. The Bertz CT molecular complexity index is 650. The molecule has 1 amide bonds. The van der Waals surface area contributed by atoms with Crippen LogP contribution in [0.4, 0.5) is 0 Å². The maximum atomic E-state index is 12.3. The van der Waals surface area contributed by atoms with E-state index in [0.717, 1.165) is 19.3 Å². The molecule has 0 heterocycles. The lowest BCUT2D eigenvalue weighted by atomic mass is 10.1. The second-order valence-corrected chi connectivity index (χ2v) is 8.38. The molecule has 1 saturated carbocycles. The fourth-order valence-electron chi connectivity index (χ4n) is 2.46. The van der Waals surface area contributed by atoms with Gasteiger partial charge in [-0.05, 0) is 37.5 Å². The van der Waals surface area contributed by atoms with E-state index in [1.165, 1.54) is 12.1 Å². The Balaban J connectivity index is 2.21. The summed E-state index contributed by atoms with van der Waals surface area (Å²) in [6.45, 7) is 0. The van der Waals surface area contributed by atoms with E-state index in [4.69, 9.17) is 15.4 Å². The zero-order chi connectivity index (χ0) is 15.6. The van der Waals surface area contributed by atoms with Gasteiger partial charge in [0.1, 0.15) is 0 Å². The number of ether oxygens (including phenoxy) is 1. The van der Waals surface area contributed by atoms with Gasteiger partial charge in [-0.1, -0.05) is 15.9 Å². The molecular formula is C13H15BrClNO4S. The van der Waals surface area contributed by atoms with Crippen LogP contribution in [0.15, 0.2) is 27.6 Å². The first-order chi connectivity index (χ1) is 9.81. The molecule has 1 aromatic rings. The highest BCUT2D eigenvalue weighted by Gasteiger charge is 2.29. The van der Waals surface area contributed by atoms with Gasteiger partial charge >= 0.3 is 0 Å². The lowest BCUT2D eigenvalue weighted by Gasteiger charge is -2.19. The van der Waals surface area contributed by atoms with E-state index in [0.29, 0.717) is 4.47 Å². The highest BCUT2D eigenvalue weighted by atomic mass is 79.9. The quantitative estimate of drug-likeness (QED) is 0.794. The van der Waals surface area contributed by atoms with Crippen LogP contribution in [0.3, 0.4) is 0 Å². The van der Waals surface area contributed by atoms with E-state index in [1.807, 2.05) is 0 Å². The number of nitrogens with one attached hydrogen (secondary N) is 1. The monoisotopic (exact) mass is 395 g/mol. The van der Waals surface area contributed by atoms with Crippen molar-refractivity contribution in [2.45, 2.75) is 36.3 Å². The van der Waals surface area contributed by atoms with E-state index >= 15 is 0 Å². The molecule has 5 nitrogen and oxygen atoms in total. The molecule has 1 aliphatic carbocycles. The van der Waals surface area contributed by atoms with Crippen LogP contribution in [0.25, 0.3) is 0 Å². The van der Waals surface area contributed by atoms with Gasteiger partial charge in [0.05, 0.1) is 17.0 Å². The van der Waals surface area contributed by atoms with Crippen LogP contribution in [-0.4, -0.2) is 33.6 Å². The number of hydrogen-bond acceptors (Lipinski definition) is 4. The number of amides is 1. The predicted octanol–water partition coefficient (Wildman–Crippen LogP) is 2.67. The minimum absolute atomic E-state index is 0.00247. The zero-order valence-electron chi connectivity index (χ0n) is 11.3. The molecule has 0 aromatic heterocycles. The number of carbonyl (C=O) groups is 1. The summed E-state index contributed by atoms with van der Waals surface area (Å²) in [5, 5.41) is 2.88. The van der Waals surface area contributed by atoms with Gasteiger partial charge in [-0.2, -0.15) is 0 Å². The Labute approximate surface area is 136 Å². The molecule has 116 valence electrons. The smallest absolute Gasteiger partial charge is 0.261 e. The largest absolute Gasteiger partial charge is 0.379 e. The van der Waals surface area contributed by atoms with E-state index in [-0.39, 0.29) is 28.5 Å². The first kappa shape index (κ1) is 16.7. The minimum Gasteiger partial charge on any atom is -0.379 e. The van der Waals surface area contributed by atoms with Gasteiger partial charge in [0, 0.05) is 27.8 Å². The third-order valence-electron chi connectivity index (χ3n) is 3.49. The lowest BCUT2D eigenvalue weighted by Crippen LogP contribution is -2.40. The molecule has 0 spiro atoms. The molecule has 1 fully saturated rings. The van der Waals surface area contributed by atoms with Crippen molar-refractivity contribution in [3.63, 3.8) is 0 Å². The molecule has 2 rings (SSSR count). The van der Waals surface area contributed by atoms with Gasteiger partial charge in [0.25, 0.3) is 15.0 Å². The molecule has 21 heavy (non-hydrogen) atoms. The van der Waals surface area contributed by atoms with Crippen molar-refractivity contribution in [2.24, 2.45) is 0 Å². The molecule has 1 aromatic carbocycles. The topological polar surface area (TPSA) is 72.5 Å². The summed E-state index contributed by atoms with van der Waals surface area (Å²) in [6, 6.07) is 4.11. The number of halogens is 2. The van der Waals surface area contributed by atoms with Crippen LogP contribution in [-0.2, 0) is 13.8 Å². The molecule has 0 saturated heterocycles. The third-order valence-corrected chi connectivity index (χ3v) is 5.28. The van der Waals surface area contributed by atoms with Crippen LogP contribution in [0.1, 0.15) is 29.6 Å². The lowest BCUT2D eigenvalue weighted by molar-refractivity contribution is 0.0722. The van der Waals surface area contributed by atoms with Crippen LogP contribution in [0, 0.1) is 0 Å². The van der Waals surface area contributed by atoms with Gasteiger partial charge in [0.15, 0.2) is 0 Å². The van der Waals surface area contributed by atoms with Crippen LogP contribution >= 0.6 is 26.6 Å². The maximum Gasteiger partial charge on any atom is 0.261 e. The number of rotatable bonds is 4. The molecule has 0 radical (unpaired) electrons. The summed E-state index contributed by atoms with van der Waals surface area (Å²) in [5.74, 6) is -0.341. The second-order valence-electron chi connectivity index (χ2n) is 4.90. The highest BCUT2D eigenvalue weighted by molar-refractivity contribution is 9.10. The molecule has 1 aliphatic rings. The molecule has 0 aliphatic heterocycles. The Morgan fingerprint density at radius 2 is 2.10 bits per heavy atom. The van der Waals surface area contributed by atoms with Crippen LogP contribution in [0.2, 0.25) is 0 Å². The van der Waals surface area contributed by atoms with Crippen molar-refractivity contribution in [1.82, 2.24) is 5.32 Å². The van der Waals surface area contributed by atoms with Crippen molar-refractivity contribution in [1.29, 1.82) is 0 Å². The average Bonchev–Trinajstić information content (AvgIpc) is 2.84. The third kappa shape index (κ3) is 4.18. The summed E-state index contributed by atoms with van der Waals surface area (Å²) in [4.78, 5) is 12.2. The first-order valence-electron chi connectivity index (χ1n) is 6.40. The maximum absolute atomic E-state index is 12.3. The molecule has 2 atom stereocenters. The van der Waals surface area contributed by atoms with Crippen LogP contribution in [0.5, 0.6) is 0 Å². The van der Waals surface area contributed by atoms with Crippen LogP contribution < -0.4 is 5.32 Å². The number of hydrogen-bond donors (Lipinski definition) is 1. The van der Waals surface area contributed by atoms with Gasteiger partial charge in [-0.3, -0.25) is 4.79 Å². The molecule has 1 N–H and O–H groups in total. The number of methoxy groups -OCH3 is 1. The van der Waals surface area contributed by atoms with Gasteiger partial charge < -0.3 is 10.1 Å². The van der Waals surface area contributed by atoms with E-state index in [2.05, 4.69) is 21.2 Å². The predicted molar refractivity (Wildman–Crippen MR) is 83.1 cm³/mol. The SMILES string of the molecule is COC1CCCC1NC(=O)c1cc(Br)cc(S(=O)(=O)Cl)c1. The van der Waals surface area contributed by atoms with E-state index in [9.17, 15) is 13.2 Å². The van der Waals surface area contributed by atoms with Gasteiger partial charge in [0.2, 0.25) is 0 Å². The normalized spacial score (nSPS) is 22.2. The zero-order valence-corrected chi connectivity index (χ0v) is 14.5. The second kappa shape index (κ2) is 6.64. The van der Waals surface area contributed by atoms with Crippen molar-refractivity contribution in [3.05, 3.63) is 28.2 Å². The first-order valence-corrected chi connectivity index (χ1v) is 9.50. The number of carbonyl (C=O) groups excluding carboxylic acids is 1. The Hall–Kier alpha value is -0.630. The molecule has 2 unspecified atom stereocenters. The summed E-state index contributed by atoms with van der Waals surface area (Å²) in [7, 11) is 3.05. The Kier molecular flexibility index (Phi) is 5.29. The summed E-state index contributed by atoms with van der Waals surface area (Å²) in [5.41, 5.74) is 0.241. The van der Waals surface area contributed by atoms with Crippen molar-refractivity contribution < 1.29 is 17.9 Å². The van der Waals surface area contributed by atoms with E-state index < -0.39 is 9.05 Å². The van der Waals surface area contributed by atoms with E-state index in [1.54, 1.807) is 13.2 Å². The van der Waals surface area contributed by atoms with Gasteiger partial charge in [-0.25, -0.2) is 8.42 Å². The average molecular weight is 397 g/mol. The van der Waals surface area contributed by atoms with Crippen molar-refractivity contribution in [2.75, 3.05) is 7.11 Å². The standard InChI is InChI=1S/C13H15BrClNO4S/c1-20-12-4-2-3-11(12)16-13(17)8-5-9(14)7-10(6-8)21(15,18)19/h5-7,11-12H,2-4H2,1H3,(H,16,17). The van der Waals surface area contributed by atoms with Crippen molar-refractivity contribution >= 4 is 41.6 Å². The summed E-state index contributed by atoms with van der Waals surface area (Å²) >= 11 is 3.18. The molecule has 0 bridgehead atoms. The van der Waals surface area contributed by atoms with Crippen molar-refractivity contribution in [3.8, 4) is 0 Å². The Morgan fingerprint density at radius 3 is 2.71 bits per heavy atom. The highest BCUT2D eigenvalue weighted by Crippen LogP contribution is 2.24. The van der Waals surface area contributed by atoms with Gasteiger partial charge in [-0.15, -0.1) is 0 Å². The minimum atomic E-state index is -3.89. The summed E-state index contributed by atoms with van der Waals surface area (Å²) < 4.78 is 28.6.